The molecule has 3 aromatic carbocycles. The van der Waals surface area contributed by atoms with E-state index in [1.807, 2.05) is 4.90 Å². The molecule has 3 aromatic rings. The number of para-hydroxylation sites is 3. The standard InChI is InChI=1S/C25H26FN3O4S/c1-33-24-14-8-7-13-23(24)29(34(31,32)20-9-3-2-4-10-20)19-25(30)28-17-15-27(16-18-28)22-12-6-5-11-21(22)26/h2-14H,15-19H2,1H3. The molecule has 0 N–H and O–H groups in total. The van der Waals surface area contributed by atoms with E-state index >= 15 is 0 Å². The molecule has 1 aliphatic rings. The van der Waals surface area contributed by atoms with Crippen LogP contribution in [0.4, 0.5) is 15.8 Å². The van der Waals surface area contributed by atoms with Gasteiger partial charge in [-0.3, -0.25) is 9.10 Å². The summed E-state index contributed by atoms with van der Waals surface area (Å²) in [6.07, 6.45) is 0. The maximum Gasteiger partial charge on any atom is 0.264 e. The molecule has 4 rings (SSSR count). The molecule has 0 atom stereocenters. The van der Waals surface area contributed by atoms with Crippen LogP contribution < -0.4 is 13.9 Å². The molecule has 0 spiro atoms. The van der Waals surface area contributed by atoms with E-state index in [9.17, 15) is 17.6 Å². The summed E-state index contributed by atoms with van der Waals surface area (Å²) in [6, 6.07) is 21.2. The number of nitrogens with zero attached hydrogens (tertiary/aromatic N) is 3. The monoisotopic (exact) mass is 483 g/mol. The van der Waals surface area contributed by atoms with Crippen LogP contribution in [-0.2, 0) is 14.8 Å². The average Bonchev–Trinajstić information content (AvgIpc) is 2.88. The number of anilines is 2. The van der Waals surface area contributed by atoms with Crippen LogP contribution in [0.1, 0.15) is 0 Å². The minimum atomic E-state index is -4.03. The summed E-state index contributed by atoms with van der Waals surface area (Å²) >= 11 is 0. The van der Waals surface area contributed by atoms with E-state index in [0.717, 1.165) is 4.31 Å². The highest BCUT2D eigenvalue weighted by atomic mass is 32.2. The largest absolute Gasteiger partial charge is 0.495 e. The van der Waals surface area contributed by atoms with Crippen molar-refractivity contribution in [3.05, 3.63) is 84.7 Å². The van der Waals surface area contributed by atoms with Crippen molar-refractivity contribution in [1.29, 1.82) is 0 Å². The summed E-state index contributed by atoms with van der Waals surface area (Å²) in [5.74, 6) is -0.295. The molecule has 0 radical (unpaired) electrons. The minimum absolute atomic E-state index is 0.0816. The summed E-state index contributed by atoms with van der Waals surface area (Å²) in [5.41, 5.74) is 0.782. The summed E-state index contributed by atoms with van der Waals surface area (Å²) in [7, 11) is -2.58. The van der Waals surface area contributed by atoms with E-state index in [1.54, 1.807) is 65.6 Å². The Balaban J connectivity index is 1.56. The van der Waals surface area contributed by atoms with Crippen molar-refractivity contribution in [1.82, 2.24) is 4.90 Å². The Hall–Kier alpha value is -3.59. The fraction of sp³-hybridized carbons (Fsp3) is 0.240. The van der Waals surface area contributed by atoms with Crippen molar-refractivity contribution in [2.75, 3.05) is 49.0 Å². The third-order valence-corrected chi connectivity index (χ3v) is 7.56. The molecule has 34 heavy (non-hydrogen) atoms. The number of methoxy groups -OCH3 is 1. The first-order chi connectivity index (χ1) is 16.4. The third-order valence-electron chi connectivity index (χ3n) is 5.79. The van der Waals surface area contributed by atoms with Crippen molar-refractivity contribution in [2.45, 2.75) is 4.90 Å². The van der Waals surface area contributed by atoms with E-state index in [1.165, 1.54) is 25.3 Å². The number of carbonyl (C=O) groups is 1. The van der Waals surface area contributed by atoms with Gasteiger partial charge in [0.25, 0.3) is 10.0 Å². The SMILES string of the molecule is COc1ccccc1N(CC(=O)N1CCN(c2ccccc2F)CC1)S(=O)(=O)c1ccccc1. The van der Waals surface area contributed by atoms with E-state index in [2.05, 4.69) is 0 Å². The van der Waals surface area contributed by atoms with Gasteiger partial charge in [0.1, 0.15) is 18.1 Å². The predicted molar refractivity (Wildman–Crippen MR) is 129 cm³/mol. The second-order valence-corrected chi connectivity index (χ2v) is 9.68. The fourth-order valence-electron chi connectivity index (χ4n) is 3.98. The molecular weight excluding hydrogens is 457 g/mol. The van der Waals surface area contributed by atoms with Gasteiger partial charge in [-0.1, -0.05) is 42.5 Å². The van der Waals surface area contributed by atoms with Crippen LogP contribution in [0.15, 0.2) is 83.8 Å². The molecular formula is C25H26FN3O4S. The van der Waals surface area contributed by atoms with Crippen molar-refractivity contribution in [2.24, 2.45) is 0 Å². The van der Waals surface area contributed by atoms with Gasteiger partial charge in [0, 0.05) is 26.2 Å². The van der Waals surface area contributed by atoms with Crippen molar-refractivity contribution in [3.8, 4) is 5.75 Å². The molecule has 0 bridgehead atoms. The molecule has 1 saturated heterocycles. The smallest absolute Gasteiger partial charge is 0.264 e. The first kappa shape index (κ1) is 23.6. The molecule has 0 saturated carbocycles. The van der Waals surface area contributed by atoms with Crippen LogP contribution in [0.2, 0.25) is 0 Å². The number of ether oxygens (including phenoxy) is 1. The Bertz CT molecular complexity index is 1250. The Morgan fingerprint density at radius 3 is 2.21 bits per heavy atom. The van der Waals surface area contributed by atoms with Gasteiger partial charge < -0.3 is 14.5 Å². The molecule has 0 aromatic heterocycles. The summed E-state index contributed by atoms with van der Waals surface area (Å²) in [5, 5.41) is 0. The van der Waals surface area contributed by atoms with Crippen LogP contribution in [-0.4, -0.2) is 59.1 Å². The normalized spacial score (nSPS) is 14.1. The highest BCUT2D eigenvalue weighted by Gasteiger charge is 2.32. The number of hydrogen-bond acceptors (Lipinski definition) is 5. The summed E-state index contributed by atoms with van der Waals surface area (Å²) in [4.78, 5) is 16.8. The Morgan fingerprint density at radius 1 is 0.912 bits per heavy atom. The van der Waals surface area contributed by atoms with E-state index in [-0.39, 0.29) is 28.9 Å². The second kappa shape index (κ2) is 10.1. The number of carbonyl (C=O) groups excluding carboxylic acids is 1. The van der Waals surface area contributed by atoms with E-state index in [0.29, 0.717) is 37.6 Å². The fourth-order valence-corrected chi connectivity index (χ4v) is 5.43. The quantitative estimate of drug-likeness (QED) is 0.515. The molecule has 1 fully saturated rings. The van der Waals surface area contributed by atoms with Crippen molar-refractivity contribution >= 4 is 27.3 Å². The van der Waals surface area contributed by atoms with Gasteiger partial charge >= 0.3 is 0 Å². The van der Waals surface area contributed by atoms with Gasteiger partial charge in [-0.15, -0.1) is 0 Å². The minimum Gasteiger partial charge on any atom is -0.495 e. The zero-order valence-corrected chi connectivity index (χ0v) is 19.6. The molecule has 0 unspecified atom stereocenters. The molecule has 9 heteroatoms. The lowest BCUT2D eigenvalue weighted by Crippen LogP contribution is -2.52. The Morgan fingerprint density at radius 2 is 1.53 bits per heavy atom. The number of rotatable bonds is 7. The summed E-state index contributed by atoms with van der Waals surface area (Å²) < 4.78 is 47.7. The second-order valence-electron chi connectivity index (χ2n) is 7.82. The van der Waals surface area contributed by atoms with Gasteiger partial charge in [0.15, 0.2) is 0 Å². The highest BCUT2D eigenvalue weighted by Crippen LogP contribution is 2.32. The number of halogens is 1. The number of benzene rings is 3. The maximum atomic E-state index is 14.1. The van der Waals surface area contributed by atoms with Crippen LogP contribution >= 0.6 is 0 Å². The zero-order chi connectivity index (χ0) is 24.1. The number of sulfonamides is 1. The first-order valence-corrected chi connectivity index (χ1v) is 12.3. The number of piperazine rings is 1. The van der Waals surface area contributed by atoms with Crippen LogP contribution in [0.3, 0.4) is 0 Å². The predicted octanol–water partition coefficient (Wildman–Crippen LogP) is 3.38. The average molecular weight is 484 g/mol. The first-order valence-electron chi connectivity index (χ1n) is 10.9. The zero-order valence-electron chi connectivity index (χ0n) is 18.8. The molecule has 7 nitrogen and oxygen atoms in total. The van der Waals surface area contributed by atoms with Gasteiger partial charge in [-0.2, -0.15) is 0 Å². The lowest BCUT2D eigenvalue weighted by Gasteiger charge is -2.37. The number of hydrogen-bond donors (Lipinski definition) is 0. The Labute approximate surface area is 199 Å². The van der Waals surface area contributed by atoms with E-state index < -0.39 is 10.0 Å². The van der Waals surface area contributed by atoms with Gasteiger partial charge in [0.2, 0.25) is 5.91 Å². The Kier molecular flexibility index (Phi) is 7.02. The molecule has 0 aliphatic carbocycles. The molecule has 1 amide bonds. The lowest BCUT2D eigenvalue weighted by molar-refractivity contribution is -0.129. The van der Waals surface area contributed by atoms with Crippen LogP contribution in [0.5, 0.6) is 5.75 Å². The van der Waals surface area contributed by atoms with Gasteiger partial charge in [-0.25, -0.2) is 12.8 Å². The summed E-state index contributed by atoms with van der Waals surface area (Å²) in [6.45, 7) is 1.24. The molecule has 178 valence electrons. The van der Waals surface area contributed by atoms with Crippen LogP contribution in [0, 0.1) is 5.82 Å². The number of amides is 1. The maximum absolute atomic E-state index is 14.1. The third kappa shape index (κ3) is 4.84. The molecule has 1 heterocycles. The van der Waals surface area contributed by atoms with Crippen molar-refractivity contribution in [3.63, 3.8) is 0 Å². The lowest BCUT2D eigenvalue weighted by atomic mass is 10.2. The van der Waals surface area contributed by atoms with Gasteiger partial charge in [0.05, 0.1) is 23.4 Å². The molecule has 1 aliphatic heterocycles. The van der Waals surface area contributed by atoms with Crippen molar-refractivity contribution < 1.29 is 22.3 Å². The van der Waals surface area contributed by atoms with Crippen LogP contribution in [0.25, 0.3) is 0 Å². The topological polar surface area (TPSA) is 70.2 Å². The highest BCUT2D eigenvalue weighted by molar-refractivity contribution is 7.92. The van der Waals surface area contributed by atoms with Gasteiger partial charge in [-0.05, 0) is 36.4 Å². The van der Waals surface area contributed by atoms with E-state index in [4.69, 9.17) is 4.74 Å².